The third-order valence-electron chi connectivity index (χ3n) is 2.41. The Kier molecular flexibility index (Phi) is 4.40. The molecule has 88 valence electrons. The van der Waals surface area contributed by atoms with Gasteiger partial charge in [0.15, 0.2) is 0 Å². The number of alkyl halides is 2. The zero-order valence-electron chi connectivity index (χ0n) is 9.24. The predicted octanol–water partition coefficient (Wildman–Crippen LogP) is 3.15. The number of carbonyl (C=O) groups excluding carboxylic acids is 1. The second-order valence-electron chi connectivity index (χ2n) is 3.49. The molecule has 1 atom stereocenters. The van der Waals surface area contributed by atoms with Crippen LogP contribution in [0, 0.1) is 0 Å². The van der Waals surface area contributed by atoms with E-state index in [4.69, 9.17) is 0 Å². The highest BCUT2D eigenvalue weighted by Gasteiger charge is 2.17. The number of halogens is 2. The van der Waals surface area contributed by atoms with Crippen LogP contribution in [0.2, 0.25) is 0 Å². The lowest BCUT2D eigenvalue weighted by Crippen LogP contribution is -2.08. The second-order valence-corrected chi connectivity index (χ2v) is 3.49. The molecule has 0 spiro atoms. The molecular formula is C12H14F2O2. The minimum absolute atomic E-state index is 0.139. The second kappa shape index (κ2) is 5.58. The minimum atomic E-state index is -2.87. The van der Waals surface area contributed by atoms with E-state index in [9.17, 15) is 13.6 Å². The molecule has 1 aromatic carbocycles. The van der Waals surface area contributed by atoms with Gasteiger partial charge in [0.05, 0.1) is 0 Å². The summed E-state index contributed by atoms with van der Waals surface area (Å²) in [6.07, 6.45) is 1.30. The summed E-state index contributed by atoms with van der Waals surface area (Å²) in [5.74, 6) is -0.306. The van der Waals surface area contributed by atoms with Gasteiger partial charge in [-0.3, -0.25) is 0 Å². The van der Waals surface area contributed by atoms with Crippen LogP contribution in [0.5, 0.6) is 5.75 Å². The van der Waals surface area contributed by atoms with Gasteiger partial charge in [0.1, 0.15) is 12.0 Å². The van der Waals surface area contributed by atoms with Crippen molar-refractivity contribution in [3.8, 4) is 5.75 Å². The molecule has 0 saturated carbocycles. The topological polar surface area (TPSA) is 26.3 Å². The maximum atomic E-state index is 12.3. The lowest BCUT2D eigenvalue weighted by Gasteiger charge is -2.16. The van der Waals surface area contributed by atoms with E-state index in [0.717, 1.165) is 0 Å². The van der Waals surface area contributed by atoms with Crippen LogP contribution < -0.4 is 4.74 Å². The van der Waals surface area contributed by atoms with Gasteiger partial charge in [-0.05, 0) is 12.0 Å². The largest absolute Gasteiger partial charge is 0.434 e. The van der Waals surface area contributed by atoms with Crippen LogP contribution in [0.3, 0.4) is 0 Å². The standard InChI is InChI=1S/C12H14F2O2/c1-3-9-5-4-6-10(8(2)7-15)11(9)16-12(13)14/h4-8,12H,3H2,1-2H3. The van der Waals surface area contributed by atoms with Crippen LogP contribution in [-0.4, -0.2) is 12.9 Å². The first-order chi connectivity index (χ1) is 7.60. The zero-order chi connectivity index (χ0) is 12.1. The van der Waals surface area contributed by atoms with Crippen molar-refractivity contribution in [2.75, 3.05) is 0 Å². The molecule has 0 amide bonds. The highest BCUT2D eigenvalue weighted by Crippen LogP contribution is 2.31. The number of aryl methyl sites for hydroxylation is 1. The molecule has 0 saturated heterocycles. The lowest BCUT2D eigenvalue weighted by molar-refractivity contribution is -0.108. The Hall–Kier alpha value is -1.45. The van der Waals surface area contributed by atoms with E-state index in [1.807, 2.05) is 6.92 Å². The molecule has 16 heavy (non-hydrogen) atoms. The van der Waals surface area contributed by atoms with Crippen LogP contribution in [0.25, 0.3) is 0 Å². The van der Waals surface area contributed by atoms with Gasteiger partial charge in [-0.1, -0.05) is 32.0 Å². The maximum Gasteiger partial charge on any atom is 0.387 e. The average molecular weight is 228 g/mol. The van der Waals surface area contributed by atoms with Gasteiger partial charge < -0.3 is 9.53 Å². The Morgan fingerprint density at radius 3 is 2.62 bits per heavy atom. The van der Waals surface area contributed by atoms with E-state index in [-0.39, 0.29) is 5.75 Å². The first-order valence-electron chi connectivity index (χ1n) is 5.12. The average Bonchev–Trinajstić information content (AvgIpc) is 2.27. The SMILES string of the molecule is CCc1cccc(C(C)C=O)c1OC(F)F. The number of aldehydes is 1. The Bertz CT molecular complexity index is 364. The summed E-state index contributed by atoms with van der Waals surface area (Å²) in [5.41, 5.74) is 1.20. The smallest absolute Gasteiger partial charge is 0.387 e. The third kappa shape index (κ3) is 2.78. The lowest BCUT2D eigenvalue weighted by atomic mass is 9.98. The van der Waals surface area contributed by atoms with Crippen LogP contribution in [0.4, 0.5) is 8.78 Å². The number of ether oxygens (including phenoxy) is 1. The van der Waals surface area contributed by atoms with Crippen molar-refractivity contribution in [3.05, 3.63) is 29.3 Å². The summed E-state index contributed by atoms with van der Waals surface area (Å²) < 4.78 is 29.0. The number of benzene rings is 1. The Labute approximate surface area is 93.2 Å². The monoisotopic (exact) mass is 228 g/mol. The van der Waals surface area contributed by atoms with Crippen molar-refractivity contribution in [3.63, 3.8) is 0 Å². The molecule has 0 fully saturated rings. The van der Waals surface area contributed by atoms with Crippen molar-refractivity contribution >= 4 is 6.29 Å². The number of para-hydroxylation sites is 1. The Morgan fingerprint density at radius 1 is 1.44 bits per heavy atom. The van der Waals surface area contributed by atoms with Gasteiger partial charge in [0, 0.05) is 11.5 Å². The summed E-state index contributed by atoms with van der Waals surface area (Å²) in [6.45, 7) is 0.633. The zero-order valence-corrected chi connectivity index (χ0v) is 9.24. The van der Waals surface area contributed by atoms with Crippen LogP contribution in [-0.2, 0) is 11.2 Å². The molecule has 0 radical (unpaired) electrons. The summed E-state index contributed by atoms with van der Waals surface area (Å²) in [5, 5.41) is 0. The Balaban J connectivity index is 3.19. The molecular weight excluding hydrogens is 214 g/mol. The minimum Gasteiger partial charge on any atom is -0.434 e. The molecule has 0 aliphatic rings. The molecule has 0 aliphatic heterocycles. The van der Waals surface area contributed by atoms with Gasteiger partial charge in [0.2, 0.25) is 0 Å². The maximum absolute atomic E-state index is 12.3. The van der Waals surface area contributed by atoms with Gasteiger partial charge in [0.25, 0.3) is 0 Å². The summed E-state index contributed by atoms with van der Waals surface area (Å²) in [4.78, 5) is 10.7. The van der Waals surface area contributed by atoms with Crippen molar-refractivity contribution < 1.29 is 18.3 Å². The molecule has 2 nitrogen and oxygen atoms in total. The molecule has 1 aromatic rings. The van der Waals surface area contributed by atoms with E-state index < -0.39 is 12.5 Å². The highest BCUT2D eigenvalue weighted by molar-refractivity contribution is 5.64. The van der Waals surface area contributed by atoms with Crippen molar-refractivity contribution in [2.45, 2.75) is 32.8 Å². The first-order valence-corrected chi connectivity index (χ1v) is 5.12. The molecule has 0 heterocycles. The van der Waals surface area contributed by atoms with Gasteiger partial charge >= 0.3 is 6.61 Å². The third-order valence-corrected chi connectivity index (χ3v) is 2.41. The van der Waals surface area contributed by atoms with E-state index in [1.165, 1.54) is 0 Å². The van der Waals surface area contributed by atoms with E-state index in [2.05, 4.69) is 4.74 Å². The fraction of sp³-hybridized carbons (Fsp3) is 0.417. The fourth-order valence-corrected chi connectivity index (χ4v) is 1.55. The van der Waals surface area contributed by atoms with Crippen molar-refractivity contribution in [2.24, 2.45) is 0 Å². The van der Waals surface area contributed by atoms with Crippen LogP contribution in [0.15, 0.2) is 18.2 Å². The molecule has 1 unspecified atom stereocenters. The number of hydrogen-bond donors (Lipinski definition) is 0. The van der Waals surface area contributed by atoms with E-state index in [0.29, 0.717) is 23.8 Å². The van der Waals surface area contributed by atoms with Crippen LogP contribution >= 0.6 is 0 Å². The van der Waals surface area contributed by atoms with Crippen molar-refractivity contribution in [1.29, 1.82) is 0 Å². The quantitative estimate of drug-likeness (QED) is 0.723. The number of rotatable bonds is 5. The molecule has 4 heteroatoms. The molecule has 1 rings (SSSR count). The predicted molar refractivity (Wildman–Crippen MR) is 56.9 cm³/mol. The van der Waals surface area contributed by atoms with E-state index in [1.54, 1.807) is 25.1 Å². The molecule has 0 aliphatic carbocycles. The highest BCUT2D eigenvalue weighted by atomic mass is 19.3. The number of hydrogen-bond acceptors (Lipinski definition) is 2. The van der Waals surface area contributed by atoms with Crippen molar-refractivity contribution in [1.82, 2.24) is 0 Å². The number of carbonyl (C=O) groups is 1. The normalized spacial score (nSPS) is 12.6. The molecule has 0 aromatic heterocycles. The summed E-state index contributed by atoms with van der Waals surface area (Å²) in [7, 11) is 0. The Morgan fingerprint density at radius 2 is 2.12 bits per heavy atom. The van der Waals surface area contributed by atoms with E-state index >= 15 is 0 Å². The van der Waals surface area contributed by atoms with Gasteiger partial charge in [-0.25, -0.2) is 0 Å². The van der Waals surface area contributed by atoms with Crippen LogP contribution in [0.1, 0.15) is 30.9 Å². The summed E-state index contributed by atoms with van der Waals surface area (Å²) >= 11 is 0. The van der Waals surface area contributed by atoms with Gasteiger partial charge in [-0.2, -0.15) is 8.78 Å². The first kappa shape index (κ1) is 12.6. The summed E-state index contributed by atoms with van der Waals surface area (Å²) in [6, 6.07) is 5.10. The van der Waals surface area contributed by atoms with Gasteiger partial charge in [-0.15, -0.1) is 0 Å². The fourth-order valence-electron chi connectivity index (χ4n) is 1.55. The molecule has 0 N–H and O–H groups in total. The molecule has 0 bridgehead atoms.